The smallest absolute Gasteiger partial charge is 0.327 e. The summed E-state index contributed by atoms with van der Waals surface area (Å²) in [5, 5.41) is 3.46. The lowest BCUT2D eigenvalue weighted by Crippen LogP contribution is -2.62. The molecule has 0 saturated heterocycles. The first-order valence-corrected chi connectivity index (χ1v) is 6.52. The number of hydrogen-bond donors (Lipinski definition) is 1. The molecule has 0 aromatic carbocycles. The highest BCUT2D eigenvalue weighted by Gasteiger charge is 2.52. The van der Waals surface area contributed by atoms with Crippen LogP contribution < -0.4 is 5.32 Å². The molecule has 1 aliphatic carbocycles. The van der Waals surface area contributed by atoms with E-state index in [2.05, 4.69) is 24.1 Å². The van der Waals surface area contributed by atoms with Gasteiger partial charge in [0.1, 0.15) is 5.54 Å². The summed E-state index contributed by atoms with van der Waals surface area (Å²) in [4.78, 5) is 14.4. The Kier molecular flexibility index (Phi) is 4.95. The van der Waals surface area contributed by atoms with Crippen molar-refractivity contribution in [2.75, 3.05) is 27.2 Å². The van der Waals surface area contributed by atoms with Gasteiger partial charge in [-0.25, -0.2) is 4.79 Å². The Labute approximate surface area is 105 Å². The maximum absolute atomic E-state index is 12.3. The fraction of sp³-hybridized carbons (Fsp3) is 0.923. The van der Waals surface area contributed by atoms with Crippen molar-refractivity contribution < 1.29 is 9.53 Å². The van der Waals surface area contributed by atoms with Crippen LogP contribution in [0.3, 0.4) is 0 Å². The zero-order valence-electron chi connectivity index (χ0n) is 11.7. The van der Waals surface area contributed by atoms with Gasteiger partial charge in [-0.2, -0.15) is 0 Å². The molecule has 0 bridgehead atoms. The van der Waals surface area contributed by atoms with Crippen molar-refractivity contribution in [2.24, 2.45) is 5.92 Å². The minimum absolute atomic E-state index is 0.0927. The van der Waals surface area contributed by atoms with Crippen LogP contribution in [0.2, 0.25) is 0 Å². The summed E-state index contributed by atoms with van der Waals surface area (Å²) in [7, 11) is 4.00. The van der Waals surface area contributed by atoms with Gasteiger partial charge in [0.15, 0.2) is 0 Å². The molecule has 1 N–H and O–H groups in total. The molecule has 4 heteroatoms. The van der Waals surface area contributed by atoms with Crippen LogP contribution in [0.1, 0.15) is 33.6 Å². The predicted octanol–water partition coefficient (Wildman–Crippen LogP) is 1.26. The molecule has 0 radical (unpaired) electrons. The van der Waals surface area contributed by atoms with Gasteiger partial charge in [0.25, 0.3) is 0 Å². The molecule has 1 rings (SSSR count). The maximum Gasteiger partial charge on any atom is 0.327 e. The van der Waals surface area contributed by atoms with E-state index in [-0.39, 0.29) is 12.0 Å². The van der Waals surface area contributed by atoms with Crippen LogP contribution >= 0.6 is 0 Å². The SMILES string of the molecule is CCOC(=O)C(CN(C)C)(NC(C)C)C1CC1. The monoisotopic (exact) mass is 242 g/mol. The molecular formula is C13H26N2O2. The van der Waals surface area contributed by atoms with Crippen molar-refractivity contribution in [2.45, 2.75) is 45.2 Å². The zero-order valence-corrected chi connectivity index (χ0v) is 11.7. The van der Waals surface area contributed by atoms with Gasteiger partial charge in [-0.3, -0.25) is 5.32 Å². The first kappa shape index (κ1) is 14.5. The van der Waals surface area contributed by atoms with Crippen molar-refractivity contribution in [3.8, 4) is 0 Å². The van der Waals surface area contributed by atoms with E-state index in [1.165, 1.54) is 0 Å². The lowest BCUT2D eigenvalue weighted by Gasteiger charge is -2.36. The van der Waals surface area contributed by atoms with Crippen molar-refractivity contribution in [3.63, 3.8) is 0 Å². The third-order valence-electron chi connectivity index (χ3n) is 3.03. The second-order valence-electron chi connectivity index (χ2n) is 5.50. The summed E-state index contributed by atoms with van der Waals surface area (Å²) in [6.07, 6.45) is 2.23. The van der Waals surface area contributed by atoms with Crippen molar-refractivity contribution in [1.82, 2.24) is 10.2 Å². The minimum Gasteiger partial charge on any atom is -0.465 e. The first-order valence-electron chi connectivity index (χ1n) is 6.52. The normalized spacial score (nSPS) is 19.5. The van der Waals surface area contributed by atoms with Crippen LogP contribution in [-0.4, -0.2) is 49.7 Å². The molecule has 0 amide bonds. The number of nitrogens with one attached hydrogen (secondary N) is 1. The molecular weight excluding hydrogens is 216 g/mol. The molecule has 1 unspecified atom stereocenters. The van der Waals surface area contributed by atoms with Crippen molar-refractivity contribution >= 4 is 5.97 Å². The third kappa shape index (κ3) is 3.68. The van der Waals surface area contributed by atoms with Gasteiger partial charge in [-0.1, -0.05) is 0 Å². The quantitative estimate of drug-likeness (QED) is 0.682. The molecule has 1 aliphatic rings. The summed E-state index contributed by atoms with van der Waals surface area (Å²) in [5.74, 6) is 0.330. The molecule has 0 aliphatic heterocycles. The number of likely N-dealkylation sites (N-methyl/N-ethyl adjacent to an activating group) is 1. The standard InChI is InChI=1S/C13H26N2O2/c1-6-17-12(16)13(9-15(4)5,11-7-8-11)14-10(2)3/h10-11,14H,6-9H2,1-5H3. The average Bonchev–Trinajstić information content (AvgIpc) is 2.98. The molecule has 1 saturated carbocycles. The Morgan fingerprint density at radius 3 is 2.41 bits per heavy atom. The number of carbonyl (C=O) groups is 1. The summed E-state index contributed by atoms with van der Waals surface area (Å²) >= 11 is 0. The molecule has 0 aromatic rings. The first-order chi connectivity index (χ1) is 7.92. The summed E-state index contributed by atoms with van der Waals surface area (Å²) in [6, 6.07) is 0.278. The number of carbonyl (C=O) groups excluding carboxylic acids is 1. The van der Waals surface area contributed by atoms with E-state index in [0.29, 0.717) is 19.1 Å². The molecule has 1 atom stereocenters. The Morgan fingerprint density at radius 1 is 1.47 bits per heavy atom. The van der Waals surface area contributed by atoms with Crippen LogP contribution in [0.4, 0.5) is 0 Å². The van der Waals surface area contributed by atoms with Crippen LogP contribution in [0, 0.1) is 5.92 Å². The number of hydrogen-bond acceptors (Lipinski definition) is 4. The number of rotatable bonds is 7. The van der Waals surface area contributed by atoms with E-state index in [1.807, 2.05) is 21.0 Å². The van der Waals surface area contributed by atoms with E-state index < -0.39 is 5.54 Å². The van der Waals surface area contributed by atoms with Gasteiger partial charge < -0.3 is 9.64 Å². The average molecular weight is 242 g/mol. The van der Waals surface area contributed by atoms with Gasteiger partial charge >= 0.3 is 5.97 Å². The van der Waals surface area contributed by atoms with E-state index in [0.717, 1.165) is 12.8 Å². The maximum atomic E-state index is 12.3. The van der Waals surface area contributed by atoms with Crippen LogP contribution in [0.5, 0.6) is 0 Å². The van der Waals surface area contributed by atoms with E-state index in [4.69, 9.17) is 4.74 Å². The lowest BCUT2D eigenvalue weighted by molar-refractivity contribution is -0.153. The summed E-state index contributed by atoms with van der Waals surface area (Å²) in [6.45, 7) is 7.16. The highest BCUT2D eigenvalue weighted by molar-refractivity contribution is 5.82. The Hall–Kier alpha value is -0.610. The molecule has 100 valence electrons. The molecule has 0 aromatic heterocycles. The lowest BCUT2D eigenvalue weighted by atomic mass is 9.91. The van der Waals surface area contributed by atoms with Crippen molar-refractivity contribution in [3.05, 3.63) is 0 Å². The zero-order chi connectivity index (χ0) is 13.1. The fourth-order valence-corrected chi connectivity index (χ4v) is 2.43. The van der Waals surface area contributed by atoms with E-state index in [1.54, 1.807) is 0 Å². The van der Waals surface area contributed by atoms with Gasteiger partial charge in [-0.15, -0.1) is 0 Å². The highest BCUT2D eigenvalue weighted by Crippen LogP contribution is 2.41. The van der Waals surface area contributed by atoms with Gasteiger partial charge in [0, 0.05) is 12.6 Å². The largest absolute Gasteiger partial charge is 0.465 e. The number of nitrogens with zero attached hydrogens (tertiary/aromatic N) is 1. The molecule has 1 fully saturated rings. The van der Waals surface area contributed by atoms with Crippen LogP contribution in [-0.2, 0) is 9.53 Å². The number of esters is 1. The Morgan fingerprint density at radius 2 is 2.06 bits per heavy atom. The Bertz CT molecular complexity index is 250. The molecule has 0 heterocycles. The second kappa shape index (κ2) is 5.83. The van der Waals surface area contributed by atoms with Crippen LogP contribution in [0.15, 0.2) is 0 Å². The summed E-state index contributed by atoms with van der Waals surface area (Å²) in [5.41, 5.74) is -0.520. The summed E-state index contributed by atoms with van der Waals surface area (Å²) < 4.78 is 5.28. The van der Waals surface area contributed by atoms with Crippen LogP contribution in [0.25, 0.3) is 0 Å². The number of ether oxygens (including phenoxy) is 1. The Balaban J connectivity index is 2.88. The fourth-order valence-electron chi connectivity index (χ4n) is 2.43. The molecule has 4 nitrogen and oxygen atoms in total. The van der Waals surface area contributed by atoms with Crippen molar-refractivity contribution in [1.29, 1.82) is 0 Å². The second-order valence-corrected chi connectivity index (χ2v) is 5.50. The van der Waals surface area contributed by atoms with E-state index in [9.17, 15) is 4.79 Å². The molecule has 17 heavy (non-hydrogen) atoms. The predicted molar refractivity (Wildman–Crippen MR) is 68.9 cm³/mol. The van der Waals surface area contributed by atoms with Gasteiger partial charge in [0.05, 0.1) is 6.61 Å². The van der Waals surface area contributed by atoms with Gasteiger partial charge in [0.2, 0.25) is 0 Å². The van der Waals surface area contributed by atoms with Gasteiger partial charge in [-0.05, 0) is 53.6 Å². The highest BCUT2D eigenvalue weighted by atomic mass is 16.5. The third-order valence-corrected chi connectivity index (χ3v) is 3.03. The minimum atomic E-state index is -0.520. The topological polar surface area (TPSA) is 41.6 Å². The molecule has 0 spiro atoms. The van der Waals surface area contributed by atoms with E-state index >= 15 is 0 Å².